The van der Waals surface area contributed by atoms with Crippen molar-refractivity contribution in [1.29, 1.82) is 0 Å². The Balaban J connectivity index is 2.21. The number of unbranched alkanes of at least 4 members (excludes halogenated alkanes) is 1. The van der Waals surface area contributed by atoms with E-state index in [-0.39, 0.29) is 0 Å². The molecule has 0 aromatic heterocycles. The van der Waals surface area contributed by atoms with Gasteiger partial charge in [-0.2, -0.15) is 0 Å². The van der Waals surface area contributed by atoms with E-state index in [1.165, 1.54) is 25.9 Å². The Morgan fingerprint density at radius 3 is 2.43 bits per heavy atom. The molecule has 21 heavy (non-hydrogen) atoms. The molecule has 1 rings (SSSR count). The van der Waals surface area contributed by atoms with Crippen LogP contribution in [0, 0.1) is 0 Å². The predicted octanol–water partition coefficient (Wildman–Crippen LogP) is 1.64. The van der Waals surface area contributed by atoms with Crippen LogP contribution in [-0.2, 0) is 4.79 Å². The SMILES string of the molecule is CCNC(C)(CCCCN1CCC(N(C)C)CC1)C(=O)O. The number of hydrogen-bond donors (Lipinski definition) is 2. The van der Waals surface area contributed by atoms with Crippen LogP contribution >= 0.6 is 0 Å². The summed E-state index contributed by atoms with van der Waals surface area (Å²) in [6.45, 7) is 7.89. The number of likely N-dealkylation sites (N-methyl/N-ethyl adjacent to an activating group) is 1. The number of likely N-dealkylation sites (tertiary alicyclic amines) is 1. The molecule has 1 atom stereocenters. The second kappa shape index (κ2) is 8.71. The van der Waals surface area contributed by atoms with Gasteiger partial charge in [-0.15, -0.1) is 0 Å². The number of carboxylic acids is 1. The second-order valence-electron chi connectivity index (χ2n) is 6.66. The Labute approximate surface area is 129 Å². The molecule has 1 saturated heterocycles. The molecule has 1 fully saturated rings. The van der Waals surface area contributed by atoms with Gasteiger partial charge in [0.25, 0.3) is 0 Å². The van der Waals surface area contributed by atoms with Crippen LogP contribution < -0.4 is 5.32 Å². The van der Waals surface area contributed by atoms with Gasteiger partial charge in [0.05, 0.1) is 0 Å². The largest absolute Gasteiger partial charge is 0.480 e. The fraction of sp³-hybridized carbons (Fsp3) is 0.938. The molecule has 0 saturated carbocycles. The zero-order chi connectivity index (χ0) is 15.9. The summed E-state index contributed by atoms with van der Waals surface area (Å²) in [5.41, 5.74) is -0.771. The van der Waals surface area contributed by atoms with Crippen molar-refractivity contribution >= 4 is 5.97 Å². The molecule has 0 bridgehead atoms. The van der Waals surface area contributed by atoms with Crippen LogP contribution in [0.2, 0.25) is 0 Å². The van der Waals surface area contributed by atoms with E-state index in [1.807, 2.05) is 6.92 Å². The average Bonchev–Trinajstić information content (AvgIpc) is 2.44. The van der Waals surface area contributed by atoms with Crippen LogP contribution in [0.5, 0.6) is 0 Å². The number of carbonyl (C=O) groups is 1. The van der Waals surface area contributed by atoms with Gasteiger partial charge in [-0.25, -0.2) is 0 Å². The first-order chi connectivity index (χ1) is 9.89. The summed E-state index contributed by atoms with van der Waals surface area (Å²) in [6.07, 6.45) is 5.24. The molecular formula is C16H33N3O2. The maximum Gasteiger partial charge on any atom is 0.323 e. The lowest BCUT2D eigenvalue weighted by atomic mass is 9.94. The summed E-state index contributed by atoms with van der Waals surface area (Å²) >= 11 is 0. The molecule has 0 aromatic rings. The maximum atomic E-state index is 11.3. The van der Waals surface area contributed by atoms with Crippen molar-refractivity contribution in [1.82, 2.24) is 15.1 Å². The number of nitrogens with zero attached hydrogens (tertiary/aromatic N) is 2. The lowest BCUT2D eigenvalue weighted by molar-refractivity contribution is -0.144. The van der Waals surface area contributed by atoms with Crippen molar-refractivity contribution in [2.45, 2.75) is 57.5 Å². The molecule has 0 aliphatic carbocycles. The number of aliphatic carboxylic acids is 1. The summed E-state index contributed by atoms with van der Waals surface area (Å²) in [5, 5.41) is 12.4. The smallest absolute Gasteiger partial charge is 0.323 e. The third-order valence-electron chi connectivity index (χ3n) is 4.73. The number of nitrogens with one attached hydrogen (secondary N) is 1. The topological polar surface area (TPSA) is 55.8 Å². The number of hydrogen-bond acceptors (Lipinski definition) is 4. The highest BCUT2D eigenvalue weighted by Crippen LogP contribution is 2.17. The van der Waals surface area contributed by atoms with Gasteiger partial charge < -0.3 is 20.2 Å². The van der Waals surface area contributed by atoms with E-state index >= 15 is 0 Å². The molecule has 5 nitrogen and oxygen atoms in total. The summed E-state index contributed by atoms with van der Waals surface area (Å²) in [7, 11) is 4.32. The van der Waals surface area contributed by atoms with Crippen LogP contribution in [0.3, 0.4) is 0 Å². The van der Waals surface area contributed by atoms with E-state index in [4.69, 9.17) is 0 Å². The quantitative estimate of drug-likeness (QED) is 0.634. The standard InChI is InChI=1S/C16H33N3O2/c1-5-17-16(2,15(20)21)10-6-7-11-19-12-8-14(9-13-19)18(3)4/h14,17H,5-13H2,1-4H3,(H,20,21). The van der Waals surface area contributed by atoms with E-state index in [2.05, 4.69) is 29.2 Å². The highest BCUT2D eigenvalue weighted by molar-refractivity contribution is 5.78. The van der Waals surface area contributed by atoms with E-state index in [9.17, 15) is 9.90 Å². The molecule has 1 aliphatic rings. The molecule has 0 radical (unpaired) electrons. The van der Waals surface area contributed by atoms with Crippen molar-refractivity contribution in [2.75, 3.05) is 40.3 Å². The van der Waals surface area contributed by atoms with E-state index in [1.54, 1.807) is 6.92 Å². The molecular weight excluding hydrogens is 266 g/mol. The van der Waals surface area contributed by atoms with Gasteiger partial charge in [0, 0.05) is 6.04 Å². The minimum atomic E-state index is -0.771. The van der Waals surface area contributed by atoms with Gasteiger partial charge in [-0.3, -0.25) is 4.79 Å². The van der Waals surface area contributed by atoms with Gasteiger partial charge in [0.15, 0.2) is 0 Å². The normalized spacial score (nSPS) is 20.6. The van der Waals surface area contributed by atoms with E-state index in [0.717, 1.165) is 25.4 Å². The molecule has 124 valence electrons. The van der Waals surface area contributed by atoms with Crippen molar-refractivity contribution in [3.63, 3.8) is 0 Å². The predicted molar refractivity (Wildman–Crippen MR) is 86.7 cm³/mol. The zero-order valence-electron chi connectivity index (χ0n) is 14.2. The molecule has 1 aliphatic heterocycles. The van der Waals surface area contributed by atoms with Crippen LogP contribution in [0.15, 0.2) is 0 Å². The Kier molecular flexibility index (Phi) is 7.63. The molecule has 1 heterocycles. The molecule has 5 heteroatoms. The summed E-state index contributed by atoms with van der Waals surface area (Å²) in [4.78, 5) is 16.2. The van der Waals surface area contributed by atoms with Gasteiger partial charge in [0.1, 0.15) is 5.54 Å². The van der Waals surface area contributed by atoms with Crippen molar-refractivity contribution in [3.8, 4) is 0 Å². The zero-order valence-corrected chi connectivity index (χ0v) is 14.2. The van der Waals surface area contributed by atoms with Gasteiger partial charge in [-0.05, 0) is 79.3 Å². The Morgan fingerprint density at radius 2 is 1.95 bits per heavy atom. The first-order valence-electron chi connectivity index (χ1n) is 8.26. The van der Waals surface area contributed by atoms with Crippen molar-refractivity contribution < 1.29 is 9.90 Å². The lowest BCUT2D eigenvalue weighted by Crippen LogP contribution is -2.49. The number of piperidine rings is 1. The minimum Gasteiger partial charge on any atom is -0.480 e. The first-order valence-corrected chi connectivity index (χ1v) is 8.26. The Morgan fingerprint density at radius 1 is 1.33 bits per heavy atom. The number of rotatable bonds is 9. The molecule has 2 N–H and O–H groups in total. The lowest BCUT2D eigenvalue weighted by Gasteiger charge is -2.35. The highest BCUT2D eigenvalue weighted by Gasteiger charge is 2.31. The van der Waals surface area contributed by atoms with E-state index < -0.39 is 11.5 Å². The monoisotopic (exact) mass is 299 g/mol. The summed E-state index contributed by atoms with van der Waals surface area (Å²) in [5.74, 6) is -0.740. The highest BCUT2D eigenvalue weighted by atomic mass is 16.4. The van der Waals surface area contributed by atoms with Crippen LogP contribution in [-0.4, -0.2) is 72.7 Å². The molecule has 0 amide bonds. The van der Waals surface area contributed by atoms with Crippen LogP contribution in [0.25, 0.3) is 0 Å². The third-order valence-corrected chi connectivity index (χ3v) is 4.73. The fourth-order valence-electron chi connectivity index (χ4n) is 3.13. The summed E-state index contributed by atoms with van der Waals surface area (Å²) in [6, 6.07) is 0.727. The molecule has 0 aromatic carbocycles. The first kappa shape index (κ1) is 18.4. The van der Waals surface area contributed by atoms with Crippen molar-refractivity contribution in [2.24, 2.45) is 0 Å². The third kappa shape index (κ3) is 5.93. The van der Waals surface area contributed by atoms with Gasteiger partial charge in [-0.1, -0.05) is 6.92 Å². The molecule has 0 spiro atoms. The van der Waals surface area contributed by atoms with Gasteiger partial charge in [0.2, 0.25) is 0 Å². The van der Waals surface area contributed by atoms with E-state index in [0.29, 0.717) is 13.0 Å². The average molecular weight is 299 g/mol. The summed E-state index contributed by atoms with van der Waals surface area (Å²) < 4.78 is 0. The number of carboxylic acid groups (broad SMARTS) is 1. The molecule has 1 unspecified atom stereocenters. The van der Waals surface area contributed by atoms with Gasteiger partial charge >= 0.3 is 5.97 Å². The minimum absolute atomic E-state index is 0.695. The van der Waals surface area contributed by atoms with Crippen molar-refractivity contribution in [3.05, 3.63) is 0 Å². The van der Waals surface area contributed by atoms with Crippen LogP contribution in [0.1, 0.15) is 46.0 Å². The Hall–Kier alpha value is -0.650. The second-order valence-corrected chi connectivity index (χ2v) is 6.66. The fourth-order valence-corrected chi connectivity index (χ4v) is 3.13. The maximum absolute atomic E-state index is 11.3. The Bertz CT molecular complexity index is 315. The van der Waals surface area contributed by atoms with Crippen LogP contribution in [0.4, 0.5) is 0 Å².